The summed E-state index contributed by atoms with van der Waals surface area (Å²) in [5.41, 5.74) is 1.33. The van der Waals surface area contributed by atoms with Crippen LogP contribution in [-0.2, 0) is 11.3 Å². The third kappa shape index (κ3) is 8.16. The average molecular weight is 432 g/mol. The van der Waals surface area contributed by atoms with E-state index in [1.165, 1.54) is 24.8 Å². The van der Waals surface area contributed by atoms with Crippen molar-refractivity contribution in [2.24, 2.45) is 11.8 Å². The number of carbonyl (C=O) groups excluding carboxylic acids is 1. The van der Waals surface area contributed by atoms with Gasteiger partial charge in [0.1, 0.15) is 5.75 Å². The van der Waals surface area contributed by atoms with Gasteiger partial charge in [0.25, 0.3) is 0 Å². The second-order valence-electron chi connectivity index (χ2n) is 7.77. The SMILES string of the molecule is COc1ccc(CN2CCC(CNC(=O)CCC3CCNC3)CC2)cc1.Cl.Cl. The van der Waals surface area contributed by atoms with E-state index >= 15 is 0 Å². The first-order valence-corrected chi connectivity index (χ1v) is 10.1. The number of methoxy groups -OCH3 is 1. The molecule has 5 nitrogen and oxygen atoms in total. The van der Waals surface area contributed by atoms with E-state index in [1.54, 1.807) is 7.11 Å². The minimum absolute atomic E-state index is 0. The summed E-state index contributed by atoms with van der Waals surface area (Å²) in [6.45, 7) is 6.26. The highest BCUT2D eigenvalue weighted by atomic mass is 35.5. The van der Waals surface area contributed by atoms with Gasteiger partial charge in [-0.05, 0) is 81.4 Å². The fourth-order valence-electron chi connectivity index (χ4n) is 3.98. The highest BCUT2D eigenvalue weighted by Gasteiger charge is 2.20. The van der Waals surface area contributed by atoms with Crippen molar-refractivity contribution in [3.05, 3.63) is 29.8 Å². The molecule has 2 saturated heterocycles. The Hall–Kier alpha value is -1.01. The molecule has 0 bridgehead atoms. The second-order valence-corrected chi connectivity index (χ2v) is 7.77. The molecule has 2 N–H and O–H groups in total. The third-order valence-corrected chi connectivity index (χ3v) is 5.80. The number of ether oxygens (including phenoxy) is 1. The zero-order valence-corrected chi connectivity index (χ0v) is 18.5. The first kappa shape index (κ1) is 25.0. The molecule has 0 aromatic heterocycles. The van der Waals surface area contributed by atoms with Gasteiger partial charge in [-0.15, -0.1) is 24.8 Å². The maximum absolute atomic E-state index is 12.0. The van der Waals surface area contributed by atoms with E-state index < -0.39 is 0 Å². The minimum atomic E-state index is 0. The van der Waals surface area contributed by atoms with Crippen LogP contribution in [0.15, 0.2) is 24.3 Å². The number of nitrogens with one attached hydrogen (secondary N) is 2. The summed E-state index contributed by atoms with van der Waals surface area (Å²) in [5.74, 6) is 2.46. The highest BCUT2D eigenvalue weighted by Crippen LogP contribution is 2.20. The van der Waals surface area contributed by atoms with E-state index in [1.807, 2.05) is 12.1 Å². The first-order chi connectivity index (χ1) is 12.7. The number of hydrogen-bond donors (Lipinski definition) is 2. The van der Waals surface area contributed by atoms with Crippen LogP contribution in [0.3, 0.4) is 0 Å². The van der Waals surface area contributed by atoms with Crippen molar-refractivity contribution < 1.29 is 9.53 Å². The number of carbonyl (C=O) groups is 1. The van der Waals surface area contributed by atoms with Crippen LogP contribution in [0.4, 0.5) is 0 Å². The lowest BCUT2D eigenvalue weighted by Crippen LogP contribution is -2.38. The van der Waals surface area contributed by atoms with Crippen LogP contribution in [-0.4, -0.2) is 50.6 Å². The molecule has 1 amide bonds. The minimum Gasteiger partial charge on any atom is -0.497 e. The fourth-order valence-corrected chi connectivity index (χ4v) is 3.98. The monoisotopic (exact) mass is 431 g/mol. The van der Waals surface area contributed by atoms with Gasteiger partial charge in [-0.2, -0.15) is 0 Å². The van der Waals surface area contributed by atoms with Gasteiger partial charge < -0.3 is 15.4 Å². The lowest BCUT2D eigenvalue weighted by molar-refractivity contribution is -0.121. The molecule has 2 fully saturated rings. The zero-order chi connectivity index (χ0) is 18.2. The number of nitrogens with zero attached hydrogens (tertiary/aromatic N) is 1. The Morgan fingerprint density at radius 1 is 1.14 bits per heavy atom. The number of amides is 1. The first-order valence-electron chi connectivity index (χ1n) is 10.1. The van der Waals surface area contributed by atoms with Gasteiger partial charge in [0.15, 0.2) is 0 Å². The van der Waals surface area contributed by atoms with E-state index in [0.717, 1.165) is 51.4 Å². The number of halogens is 2. The number of piperidine rings is 1. The van der Waals surface area contributed by atoms with Crippen molar-refractivity contribution in [3.63, 3.8) is 0 Å². The van der Waals surface area contributed by atoms with Crippen molar-refractivity contribution in [3.8, 4) is 5.75 Å². The number of likely N-dealkylation sites (tertiary alicyclic amines) is 1. The number of rotatable bonds is 8. The molecular formula is C21H35Cl2N3O2. The molecule has 2 aliphatic rings. The standard InChI is InChI=1S/C21H33N3O2.2ClH/c1-26-20-5-2-19(3-6-20)16-24-12-9-18(10-13-24)15-23-21(25)7-4-17-8-11-22-14-17;;/h2-3,5-6,17-18,22H,4,7-16H2,1H3,(H,23,25);2*1H. The molecule has 0 radical (unpaired) electrons. The van der Waals surface area contributed by atoms with E-state index in [0.29, 0.717) is 18.3 Å². The van der Waals surface area contributed by atoms with E-state index in [9.17, 15) is 4.79 Å². The number of benzene rings is 1. The van der Waals surface area contributed by atoms with Crippen molar-refractivity contribution in [1.29, 1.82) is 0 Å². The Kier molecular flexibility index (Phi) is 11.8. The topological polar surface area (TPSA) is 53.6 Å². The maximum Gasteiger partial charge on any atom is 0.220 e. The molecule has 2 aliphatic heterocycles. The number of hydrogen-bond acceptors (Lipinski definition) is 4. The third-order valence-electron chi connectivity index (χ3n) is 5.80. The molecule has 1 aromatic rings. The Bertz CT molecular complexity index is 557. The van der Waals surface area contributed by atoms with Crippen LogP contribution in [0, 0.1) is 11.8 Å². The summed E-state index contributed by atoms with van der Waals surface area (Å²) < 4.78 is 5.21. The van der Waals surface area contributed by atoms with Gasteiger partial charge in [0.05, 0.1) is 7.11 Å². The Labute approximate surface area is 181 Å². The predicted octanol–water partition coefficient (Wildman–Crippen LogP) is 3.26. The van der Waals surface area contributed by atoms with Crippen molar-refractivity contribution in [2.75, 3.05) is 39.8 Å². The quantitative estimate of drug-likeness (QED) is 0.662. The molecule has 0 spiro atoms. The molecule has 28 heavy (non-hydrogen) atoms. The molecule has 1 unspecified atom stereocenters. The van der Waals surface area contributed by atoms with Gasteiger partial charge in [-0.25, -0.2) is 0 Å². The molecule has 0 saturated carbocycles. The molecule has 1 aromatic carbocycles. The van der Waals surface area contributed by atoms with E-state index in [4.69, 9.17) is 4.74 Å². The molecule has 160 valence electrons. The van der Waals surface area contributed by atoms with E-state index in [-0.39, 0.29) is 30.7 Å². The Morgan fingerprint density at radius 3 is 2.46 bits per heavy atom. The Morgan fingerprint density at radius 2 is 1.86 bits per heavy atom. The molecule has 3 rings (SSSR count). The van der Waals surface area contributed by atoms with Crippen LogP contribution in [0.25, 0.3) is 0 Å². The molecular weight excluding hydrogens is 397 g/mol. The van der Waals surface area contributed by atoms with Gasteiger partial charge in [0, 0.05) is 19.5 Å². The Balaban J connectivity index is 0.00000196. The summed E-state index contributed by atoms with van der Waals surface area (Å²) in [5, 5.41) is 6.53. The smallest absolute Gasteiger partial charge is 0.220 e. The fraction of sp³-hybridized carbons (Fsp3) is 0.667. The largest absolute Gasteiger partial charge is 0.497 e. The van der Waals surface area contributed by atoms with Crippen LogP contribution in [0.2, 0.25) is 0 Å². The average Bonchev–Trinajstić information content (AvgIpc) is 3.20. The van der Waals surface area contributed by atoms with Crippen molar-refractivity contribution >= 4 is 30.7 Å². The van der Waals surface area contributed by atoms with Crippen LogP contribution < -0.4 is 15.4 Å². The summed E-state index contributed by atoms with van der Waals surface area (Å²) in [7, 11) is 1.70. The molecule has 7 heteroatoms. The highest BCUT2D eigenvalue weighted by molar-refractivity contribution is 5.85. The van der Waals surface area contributed by atoms with Gasteiger partial charge >= 0.3 is 0 Å². The summed E-state index contributed by atoms with van der Waals surface area (Å²) in [6.07, 6.45) is 5.27. The van der Waals surface area contributed by atoms with Crippen LogP contribution in [0.1, 0.15) is 37.7 Å². The predicted molar refractivity (Wildman–Crippen MR) is 119 cm³/mol. The van der Waals surface area contributed by atoms with Gasteiger partial charge in [0.2, 0.25) is 5.91 Å². The van der Waals surface area contributed by atoms with Gasteiger partial charge in [-0.3, -0.25) is 9.69 Å². The van der Waals surface area contributed by atoms with Crippen molar-refractivity contribution in [2.45, 2.75) is 38.6 Å². The molecule has 2 heterocycles. The van der Waals surface area contributed by atoms with Gasteiger partial charge in [-0.1, -0.05) is 12.1 Å². The summed E-state index contributed by atoms with van der Waals surface area (Å²) in [4.78, 5) is 14.6. The van der Waals surface area contributed by atoms with E-state index in [2.05, 4.69) is 27.7 Å². The summed E-state index contributed by atoms with van der Waals surface area (Å²) >= 11 is 0. The molecule has 1 atom stereocenters. The maximum atomic E-state index is 12.0. The normalized spacial score (nSPS) is 20.1. The molecule has 0 aliphatic carbocycles. The van der Waals surface area contributed by atoms with Crippen molar-refractivity contribution in [1.82, 2.24) is 15.5 Å². The lowest BCUT2D eigenvalue weighted by atomic mass is 9.96. The zero-order valence-electron chi connectivity index (χ0n) is 16.8. The lowest BCUT2D eigenvalue weighted by Gasteiger charge is -2.32. The summed E-state index contributed by atoms with van der Waals surface area (Å²) in [6, 6.07) is 8.34. The van der Waals surface area contributed by atoms with Crippen LogP contribution in [0.5, 0.6) is 5.75 Å². The van der Waals surface area contributed by atoms with Crippen LogP contribution >= 0.6 is 24.8 Å². The second kappa shape index (κ2) is 13.3.